The van der Waals surface area contributed by atoms with Crippen LogP contribution < -0.4 is 10.6 Å². The molecule has 0 atom stereocenters. The van der Waals surface area contributed by atoms with E-state index in [-0.39, 0.29) is 5.82 Å². The molecule has 0 aliphatic heterocycles. The van der Waals surface area contributed by atoms with Crippen molar-refractivity contribution in [2.45, 2.75) is 5.75 Å². The maximum atomic E-state index is 13.7. The molecule has 2 aromatic rings. The van der Waals surface area contributed by atoms with E-state index in [1.807, 2.05) is 0 Å². The highest BCUT2D eigenvalue weighted by atomic mass is 35.5. The summed E-state index contributed by atoms with van der Waals surface area (Å²) in [5, 5.41) is 7.20. The Morgan fingerprint density at radius 3 is 2.74 bits per heavy atom. The van der Waals surface area contributed by atoms with Crippen molar-refractivity contribution >= 4 is 64.0 Å². The van der Waals surface area contributed by atoms with Gasteiger partial charge in [-0.25, -0.2) is 9.18 Å². The fourth-order valence-electron chi connectivity index (χ4n) is 2.11. The van der Waals surface area contributed by atoms with Gasteiger partial charge in [0.1, 0.15) is 5.82 Å². The minimum atomic E-state index is -0.461. The largest absolute Gasteiger partial charge is 0.465 e. The average molecular weight is 447 g/mol. The predicted octanol–water partition coefficient (Wildman–Crippen LogP) is 5.14. The topological polar surface area (TPSA) is 50.4 Å². The van der Waals surface area contributed by atoms with Gasteiger partial charge >= 0.3 is 5.97 Å². The Morgan fingerprint density at radius 2 is 2.04 bits per heavy atom. The lowest BCUT2D eigenvalue weighted by Gasteiger charge is -2.13. The van der Waals surface area contributed by atoms with Crippen molar-refractivity contribution in [3.8, 4) is 0 Å². The molecule has 2 rings (SSSR count). The highest BCUT2D eigenvalue weighted by molar-refractivity contribution is 7.98. The highest BCUT2D eigenvalue weighted by Crippen LogP contribution is 2.24. The van der Waals surface area contributed by atoms with Crippen LogP contribution in [-0.2, 0) is 10.5 Å². The van der Waals surface area contributed by atoms with Gasteiger partial charge in [-0.15, -0.1) is 0 Å². The van der Waals surface area contributed by atoms with Gasteiger partial charge in [-0.2, -0.15) is 11.8 Å². The third-order valence-electron chi connectivity index (χ3n) is 3.48. The summed E-state index contributed by atoms with van der Waals surface area (Å²) < 4.78 is 18.4. The molecule has 0 saturated heterocycles. The van der Waals surface area contributed by atoms with Gasteiger partial charge in [-0.05, 0) is 42.5 Å². The molecule has 0 saturated carbocycles. The Morgan fingerprint density at radius 1 is 1.26 bits per heavy atom. The van der Waals surface area contributed by atoms with Crippen molar-refractivity contribution in [3.63, 3.8) is 0 Å². The van der Waals surface area contributed by atoms with Crippen molar-refractivity contribution < 1.29 is 13.9 Å². The number of ether oxygens (including phenoxy) is 1. The molecule has 0 radical (unpaired) electrons. The van der Waals surface area contributed by atoms with Crippen LogP contribution in [0.4, 0.5) is 10.1 Å². The van der Waals surface area contributed by atoms with Gasteiger partial charge in [-0.3, -0.25) is 0 Å². The number of thioether (sulfide) groups is 1. The summed E-state index contributed by atoms with van der Waals surface area (Å²) in [6.07, 6.45) is 0. The van der Waals surface area contributed by atoms with E-state index >= 15 is 0 Å². The second kappa shape index (κ2) is 10.7. The van der Waals surface area contributed by atoms with Crippen LogP contribution in [0.15, 0.2) is 36.4 Å². The van der Waals surface area contributed by atoms with E-state index in [2.05, 4.69) is 15.4 Å². The number of rotatable bonds is 7. The molecule has 0 fully saturated rings. The van der Waals surface area contributed by atoms with Crippen molar-refractivity contribution in [2.75, 3.05) is 24.7 Å². The maximum absolute atomic E-state index is 13.7. The fourth-order valence-corrected chi connectivity index (χ4v) is 3.69. The molecule has 0 bridgehead atoms. The molecular formula is C18H17Cl2FN2O2S2. The standard InChI is InChI=1S/C18H17Cl2FN2O2S2/c1-25-17(24)11-5-6-14(20)16(9-11)23-18(26)22-7-8-27-10-12-13(19)3-2-4-15(12)21/h2-6,9H,7-8,10H2,1H3,(H2,22,23,26). The van der Waals surface area contributed by atoms with Crippen molar-refractivity contribution in [1.29, 1.82) is 0 Å². The molecule has 2 aromatic carbocycles. The minimum absolute atomic E-state index is 0.305. The highest BCUT2D eigenvalue weighted by Gasteiger charge is 2.10. The maximum Gasteiger partial charge on any atom is 0.337 e. The number of methoxy groups -OCH3 is 1. The fraction of sp³-hybridized carbons (Fsp3) is 0.222. The van der Waals surface area contributed by atoms with E-state index in [0.29, 0.717) is 50.0 Å². The zero-order valence-corrected chi connectivity index (χ0v) is 17.5. The Bertz CT molecular complexity index is 817. The van der Waals surface area contributed by atoms with Crippen molar-refractivity contribution in [1.82, 2.24) is 5.32 Å². The second-order valence-corrected chi connectivity index (χ2v) is 7.65. The molecule has 4 nitrogen and oxygen atoms in total. The van der Waals surface area contributed by atoms with Crippen LogP contribution in [0.1, 0.15) is 15.9 Å². The number of halogens is 3. The first kappa shape index (κ1) is 21.8. The Hall–Kier alpha value is -1.54. The Labute approximate surface area is 176 Å². The second-order valence-electron chi connectivity index (χ2n) is 5.32. The lowest BCUT2D eigenvalue weighted by atomic mass is 10.2. The molecule has 0 amide bonds. The quantitative estimate of drug-likeness (QED) is 0.348. The molecule has 27 heavy (non-hydrogen) atoms. The third-order valence-corrected chi connectivity index (χ3v) is 5.39. The first-order valence-corrected chi connectivity index (χ1v) is 10.2. The predicted molar refractivity (Wildman–Crippen MR) is 115 cm³/mol. The summed E-state index contributed by atoms with van der Waals surface area (Å²) in [5.41, 5.74) is 1.36. The van der Waals surface area contributed by atoms with Crippen LogP contribution >= 0.6 is 47.2 Å². The summed E-state index contributed by atoms with van der Waals surface area (Å²) in [6, 6.07) is 9.37. The summed E-state index contributed by atoms with van der Waals surface area (Å²) in [4.78, 5) is 11.6. The molecule has 144 valence electrons. The lowest BCUT2D eigenvalue weighted by molar-refractivity contribution is 0.0601. The van der Waals surface area contributed by atoms with Gasteiger partial charge in [0.05, 0.1) is 23.4 Å². The first-order chi connectivity index (χ1) is 12.9. The van der Waals surface area contributed by atoms with Gasteiger partial charge in [0.15, 0.2) is 5.11 Å². The van der Waals surface area contributed by atoms with Crippen LogP contribution in [0, 0.1) is 5.82 Å². The van der Waals surface area contributed by atoms with Crippen LogP contribution in [0.25, 0.3) is 0 Å². The van der Waals surface area contributed by atoms with Crippen LogP contribution in [0.5, 0.6) is 0 Å². The molecule has 2 N–H and O–H groups in total. The zero-order chi connectivity index (χ0) is 19.8. The van der Waals surface area contributed by atoms with E-state index < -0.39 is 5.97 Å². The molecule has 9 heteroatoms. The molecule has 0 aromatic heterocycles. The molecular weight excluding hydrogens is 430 g/mol. The van der Waals surface area contributed by atoms with E-state index in [0.717, 1.165) is 0 Å². The van der Waals surface area contributed by atoms with Crippen LogP contribution in [-0.4, -0.2) is 30.5 Å². The normalized spacial score (nSPS) is 10.4. The number of benzene rings is 2. The number of carbonyl (C=O) groups excluding carboxylic acids is 1. The zero-order valence-electron chi connectivity index (χ0n) is 14.4. The van der Waals surface area contributed by atoms with Gasteiger partial charge in [0.2, 0.25) is 0 Å². The summed E-state index contributed by atoms with van der Waals surface area (Å²) >= 11 is 18.9. The average Bonchev–Trinajstić information content (AvgIpc) is 2.64. The van der Waals surface area contributed by atoms with Crippen LogP contribution in [0.3, 0.4) is 0 Å². The molecule has 0 heterocycles. The first-order valence-electron chi connectivity index (χ1n) is 7.85. The third kappa shape index (κ3) is 6.53. The van der Waals surface area contributed by atoms with E-state index in [1.165, 1.54) is 24.9 Å². The van der Waals surface area contributed by atoms with Crippen LogP contribution in [0.2, 0.25) is 10.0 Å². The molecule has 0 unspecified atom stereocenters. The van der Waals surface area contributed by atoms with Gasteiger partial charge < -0.3 is 15.4 Å². The monoisotopic (exact) mass is 446 g/mol. The number of nitrogens with one attached hydrogen (secondary N) is 2. The number of hydrogen-bond acceptors (Lipinski definition) is 4. The summed E-state index contributed by atoms with van der Waals surface area (Å²) in [7, 11) is 1.31. The van der Waals surface area contributed by atoms with Crippen molar-refractivity contribution in [2.24, 2.45) is 0 Å². The number of anilines is 1. The molecule has 0 aliphatic rings. The van der Waals surface area contributed by atoms with E-state index in [1.54, 1.807) is 30.3 Å². The SMILES string of the molecule is COC(=O)c1ccc(Cl)c(NC(=S)NCCSCc2c(F)cccc2Cl)c1. The summed E-state index contributed by atoms with van der Waals surface area (Å²) in [5.74, 6) is 0.403. The minimum Gasteiger partial charge on any atom is -0.465 e. The Balaban J connectivity index is 1.79. The lowest BCUT2D eigenvalue weighted by Crippen LogP contribution is -2.30. The molecule has 0 aliphatic carbocycles. The number of thiocarbonyl (C=S) groups is 1. The number of carbonyl (C=O) groups is 1. The molecule has 0 spiro atoms. The van der Waals surface area contributed by atoms with E-state index in [9.17, 15) is 9.18 Å². The van der Waals surface area contributed by atoms with E-state index in [4.69, 9.17) is 35.4 Å². The van der Waals surface area contributed by atoms with Crippen molar-refractivity contribution in [3.05, 3.63) is 63.4 Å². The Kier molecular flexibility index (Phi) is 8.63. The van der Waals surface area contributed by atoms with Gasteiger partial charge in [-0.1, -0.05) is 29.3 Å². The summed E-state index contributed by atoms with van der Waals surface area (Å²) in [6.45, 7) is 0.566. The smallest absolute Gasteiger partial charge is 0.337 e. The van der Waals surface area contributed by atoms with Gasteiger partial charge in [0, 0.05) is 28.6 Å². The van der Waals surface area contributed by atoms with Gasteiger partial charge in [0.25, 0.3) is 0 Å². The number of esters is 1. The number of hydrogen-bond donors (Lipinski definition) is 2.